The third-order valence-electron chi connectivity index (χ3n) is 4.62. The lowest BCUT2D eigenvalue weighted by Crippen LogP contribution is -2.28. The van der Waals surface area contributed by atoms with Gasteiger partial charge in [-0.3, -0.25) is 4.79 Å². The molecule has 0 radical (unpaired) electrons. The Hall–Kier alpha value is -3.00. The smallest absolute Gasteiger partial charge is 0.278 e. The highest BCUT2D eigenvalue weighted by molar-refractivity contribution is 7.90. The first-order valence-corrected chi connectivity index (χ1v) is 10.3. The third kappa shape index (κ3) is 3.23. The molecule has 1 aromatic carbocycles. The molecule has 8 heteroatoms. The second-order valence-electron chi connectivity index (χ2n) is 6.42. The van der Waals surface area contributed by atoms with Crippen molar-refractivity contribution in [2.24, 2.45) is 0 Å². The van der Waals surface area contributed by atoms with E-state index in [0.717, 1.165) is 5.69 Å². The van der Waals surface area contributed by atoms with Crippen molar-refractivity contribution in [3.63, 3.8) is 0 Å². The molecule has 1 aliphatic rings. The average molecular weight is 382 g/mol. The van der Waals surface area contributed by atoms with E-state index in [-0.39, 0.29) is 23.1 Å². The van der Waals surface area contributed by atoms with E-state index in [2.05, 4.69) is 10.1 Å². The summed E-state index contributed by atoms with van der Waals surface area (Å²) < 4.78 is 26.0. The lowest BCUT2D eigenvalue weighted by atomic mass is 10.1. The number of carbonyl (C=O) groups excluding carboxylic acids is 1. The summed E-state index contributed by atoms with van der Waals surface area (Å²) in [6, 6.07) is 14.6. The van der Waals surface area contributed by atoms with Gasteiger partial charge < -0.3 is 4.90 Å². The Labute approximate surface area is 157 Å². The number of anilines is 1. The highest BCUT2D eigenvalue weighted by Gasteiger charge is 2.33. The molecule has 0 N–H and O–H groups in total. The van der Waals surface area contributed by atoms with Gasteiger partial charge in [0, 0.05) is 30.9 Å². The molecule has 0 spiro atoms. The molecule has 27 heavy (non-hydrogen) atoms. The van der Waals surface area contributed by atoms with Crippen LogP contribution in [0.25, 0.3) is 5.82 Å². The van der Waals surface area contributed by atoms with Gasteiger partial charge in [0.15, 0.2) is 21.3 Å². The largest absolute Gasteiger partial charge is 0.310 e. The number of nitrogens with zero attached hydrogens (tertiary/aromatic N) is 4. The number of benzene rings is 1. The van der Waals surface area contributed by atoms with E-state index < -0.39 is 9.84 Å². The SMILES string of the molecule is CN(C(=O)c1nn(-c2ccccn2)c2c1CS(=O)(=O)CC2)c1ccccc1. The van der Waals surface area contributed by atoms with Crippen molar-refractivity contribution in [2.45, 2.75) is 12.2 Å². The van der Waals surface area contributed by atoms with Crippen LogP contribution in [0.1, 0.15) is 21.7 Å². The average Bonchev–Trinajstić information content (AvgIpc) is 3.05. The molecular weight excluding hydrogens is 364 g/mol. The van der Waals surface area contributed by atoms with Crippen LogP contribution in [-0.2, 0) is 22.0 Å². The zero-order valence-electron chi connectivity index (χ0n) is 14.7. The molecule has 1 aliphatic heterocycles. The van der Waals surface area contributed by atoms with Crippen LogP contribution in [0.4, 0.5) is 5.69 Å². The molecule has 0 saturated heterocycles. The zero-order chi connectivity index (χ0) is 19.0. The normalized spacial score (nSPS) is 15.1. The molecule has 0 aliphatic carbocycles. The first-order valence-electron chi connectivity index (χ1n) is 8.52. The minimum atomic E-state index is -3.26. The van der Waals surface area contributed by atoms with E-state index in [1.54, 1.807) is 30.1 Å². The maximum atomic E-state index is 13.1. The fraction of sp³-hybridized carbons (Fsp3) is 0.211. The zero-order valence-corrected chi connectivity index (χ0v) is 15.6. The number of para-hydroxylation sites is 1. The van der Waals surface area contributed by atoms with Gasteiger partial charge in [-0.25, -0.2) is 18.1 Å². The van der Waals surface area contributed by atoms with E-state index in [0.29, 0.717) is 23.5 Å². The number of aromatic nitrogens is 3. The highest BCUT2D eigenvalue weighted by Crippen LogP contribution is 2.27. The van der Waals surface area contributed by atoms with Crippen molar-refractivity contribution in [1.82, 2.24) is 14.8 Å². The number of fused-ring (bicyclic) bond motifs is 1. The van der Waals surface area contributed by atoms with Crippen LogP contribution < -0.4 is 4.90 Å². The van der Waals surface area contributed by atoms with Crippen molar-refractivity contribution in [3.05, 3.63) is 71.7 Å². The molecule has 0 atom stereocenters. The minimum absolute atomic E-state index is 0.0423. The van der Waals surface area contributed by atoms with Crippen LogP contribution in [0.2, 0.25) is 0 Å². The van der Waals surface area contributed by atoms with Crippen LogP contribution in [0, 0.1) is 0 Å². The maximum Gasteiger partial charge on any atom is 0.278 e. The fourth-order valence-corrected chi connectivity index (χ4v) is 4.60. The second-order valence-corrected chi connectivity index (χ2v) is 8.60. The summed E-state index contributed by atoms with van der Waals surface area (Å²) in [6.45, 7) is 0. The van der Waals surface area contributed by atoms with E-state index in [1.807, 2.05) is 36.4 Å². The first kappa shape index (κ1) is 17.4. The Balaban J connectivity index is 1.83. The Morgan fingerprint density at radius 3 is 2.56 bits per heavy atom. The van der Waals surface area contributed by atoms with Gasteiger partial charge in [-0.05, 0) is 24.3 Å². The quantitative estimate of drug-likeness (QED) is 0.692. The summed E-state index contributed by atoms with van der Waals surface area (Å²) in [5.74, 6) is 0.0817. The van der Waals surface area contributed by atoms with Gasteiger partial charge in [0.05, 0.1) is 17.2 Å². The van der Waals surface area contributed by atoms with Crippen LogP contribution in [0.5, 0.6) is 0 Å². The third-order valence-corrected chi connectivity index (χ3v) is 6.18. The molecular formula is C19H18N4O3S. The molecule has 2 aromatic heterocycles. The van der Waals surface area contributed by atoms with Gasteiger partial charge in [-0.15, -0.1) is 0 Å². The summed E-state index contributed by atoms with van der Waals surface area (Å²) in [5.41, 5.74) is 2.07. The maximum absolute atomic E-state index is 13.1. The van der Waals surface area contributed by atoms with Crippen LogP contribution in [0.15, 0.2) is 54.7 Å². The van der Waals surface area contributed by atoms with E-state index >= 15 is 0 Å². The van der Waals surface area contributed by atoms with Crippen molar-refractivity contribution in [1.29, 1.82) is 0 Å². The number of amides is 1. The molecule has 3 heterocycles. The van der Waals surface area contributed by atoms with Crippen molar-refractivity contribution in [3.8, 4) is 5.82 Å². The lowest BCUT2D eigenvalue weighted by molar-refractivity contribution is 0.0987. The second kappa shape index (κ2) is 6.62. The highest BCUT2D eigenvalue weighted by atomic mass is 32.2. The topological polar surface area (TPSA) is 85.2 Å². The summed E-state index contributed by atoms with van der Waals surface area (Å²) >= 11 is 0. The monoisotopic (exact) mass is 382 g/mol. The van der Waals surface area contributed by atoms with E-state index in [9.17, 15) is 13.2 Å². The lowest BCUT2D eigenvalue weighted by Gasteiger charge is -2.18. The summed E-state index contributed by atoms with van der Waals surface area (Å²) in [6.07, 6.45) is 1.95. The number of sulfone groups is 1. The fourth-order valence-electron chi connectivity index (χ4n) is 3.21. The van der Waals surface area contributed by atoms with Gasteiger partial charge in [0.1, 0.15) is 0 Å². The standard InChI is InChI=1S/C19H18N4O3S/c1-22(14-7-3-2-4-8-14)19(24)18-15-13-27(25,26)12-10-16(15)23(21-18)17-9-5-6-11-20-17/h2-9,11H,10,12-13H2,1H3. The Morgan fingerprint density at radius 2 is 1.85 bits per heavy atom. The van der Waals surface area contributed by atoms with E-state index in [4.69, 9.17) is 0 Å². The predicted octanol–water partition coefficient (Wildman–Crippen LogP) is 2.01. The number of pyridine rings is 1. The van der Waals surface area contributed by atoms with E-state index in [1.165, 1.54) is 4.90 Å². The van der Waals surface area contributed by atoms with Gasteiger partial charge in [0.25, 0.3) is 5.91 Å². The van der Waals surface area contributed by atoms with Crippen LogP contribution in [0.3, 0.4) is 0 Å². The molecule has 0 fully saturated rings. The molecule has 0 bridgehead atoms. The van der Waals surface area contributed by atoms with Crippen LogP contribution >= 0.6 is 0 Å². The minimum Gasteiger partial charge on any atom is -0.310 e. The summed E-state index contributed by atoms with van der Waals surface area (Å²) in [4.78, 5) is 18.9. The van der Waals surface area contributed by atoms with Crippen molar-refractivity contribution < 1.29 is 13.2 Å². The number of hydrogen-bond acceptors (Lipinski definition) is 5. The summed E-state index contributed by atoms with van der Waals surface area (Å²) in [5, 5.41) is 4.47. The summed E-state index contributed by atoms with van der Waals surface area (Å²) in [7, 11) is -1.60. The van der Waals surface area contributed by atoms with Gasteiger partial charge in [-0.2, -0.15) is 5.10 Å². The van der Waals surface area contributed by atoms with Gasteiger partial charge >= 0.3 is 0 Å². The molecule has 1 amide bonds. The Bertz CT molecular complexity index is 1090. The van der Waals surface area contributed by atoms with Crippen LogP contribution in [-0.4, -0.2) is 41.9 Å². The Kier molecular flexibility index (Phi) is 4.27. The molecule has 0 unspecified atom stereocenters. The number of rotatable bonds is 3. The molecule has 0 saturated carbocycles. The first-order chi connectivity index (χ1) is 13.0. The number of carbonyl (C=O) groups is 1. The van der Waals surface area contributed by atoms with Gasteiger partial charge in [-0.1, -0.05) is 24.3 Å². The molecule has 4 rings (SSSR count). The van der Waals surface area contributed by atoms with Crippen molar-refractivity contribution in [2.75, 3.05) is 17.7 Å². The van der Waals surface area contributed by atoms with Gasteiger partial charge in [0.2, 0.25) is 0 Å². The van der Waals surface area contributed by atoms with Crippen molar-refractivity contribution >= 4 is 21.4 Å². The molecule has 7 nitrogen and oxygen atoms in total. The molecule has 3 aromatic rings. The predicted molar refractivity (Wildman–Crippen MR) is 102 cm³/mol. The molecule has 138 valence electrons. The number of hydrogen-bond donors (Lipinski definition) is 0. The Morgan fingerprint density at radius 1 is 1.11 bits per heavy atom.